The Hall–Kier alpha value is -4.29. The number of carbonyl (C=O) groups excluding carboxylic acids is 2. The van der Waals surface area contributed by atoms with Crippen LogP contribution in [0.2, 0.25) is 10.0 Å². The third kappa shape index (κ3) is 7.03. The maximum atomic E-state index is 13.6. The molecule has 13 heteroatoms. The number of ether oxygens (including phenoxy) is 3. The Morgan fingerprint density at radius 3 is 2.47 bits per heavy atom. The fourth-order valence-electron chi connectivity index (χ4n) is 5.64. The number of aromatic nitrogens is 2. The summed E-state index contributed by atoms with van der Waals surface area (Å²) in [6.07, 6.45) is 1.51. The van der Waals surface area contributed by atoms with Crippen LogP contribution in [0.1, 0.15) is 26.4 Å². The summed E-state index contributed by atoms with van der Waals surface area (Å²) in [5, 5.41) is 4.34. The summed E-state index contributed by atoms with van der Waals surface area (Å²) in [7, 11) is 1.90. The summed E-state index contributed by atoms with van der Waals surface area (Å²) >= 11 is 12.0. The number of piperazine rings is 1. The van der Waals surface area contributed by atoms with Gasteiger partial charge in [0, 0.05) is 62.3 Å². The molecule has 2 aliphatic rings. The van der Waals surface area contributed by atoms with Crippen LogP contribution < -0.4 is 19.5 Å². The Kier molecular flexibility index (Phi) is 9.60. The first kappa shape index (κ1) is 32.6. The van der Waals surface area contributed by atoms with Gasteiger partial charge in [-0.15, -0.1) is 17.0 Å². The van der Waals surface area contributed by atoms with Crippen molar-refractivity contribution in [2.45, 2.75) is 6.54 Å². The number of rotatable bonds is 7. The third-order valence-electron chi connectivity index (χ3n) is 8.13. The van der Waals surface area contributed by atoms with Crippen LogP contribution in [0.5, 0.6) is 23.1 Å². The molecule has 0 aliphatic carbocycles. The van der Waals surface area contributed by atoms with E-state index in [1.807, 2.05) is 52.9 Å². The van der Waals surface area contributed by atoms with E-state index in [4.69, 9.17) is 37.4 Å². The van der Waals surface area contributed by atoms with Crippen LogP contribution in [0.25, 0.3) is 10.9 Å². The highest BCUT2D eigenvalue weighted by Gasteiger charge is 2.25. The van der Waals surface area contributed by atoms with E-state index in [1.54, 1.807) is 24.3 Å². The van der Waals surface area contributed by atoms with Crippen LogP contribution in [0.15, 0.2) is 79.0 Å². The number of hydrogen-bond donors (Lipinski definition) is 1. The first-order valence-electron chi connectivity index (χ1n) is 14.7. The van der Waals surface area contributed by atoms with Gasteiger partial charge in [0.05, 0.1) is 21.9 Å². The summed E-state index contributed by atoms with van der Waals surface area (Å²) in [4.78, 5) is 34.7. The Bertz CT molecular complexity index is 1960. The highest BCUT2D eigenvalue weighted by Crippen LogP contribution is 2.33. The van der Waals surface area contributed by atoms with Crippen molar-refractivity contribution in [1.29, 1.82) is 0 Å². The number of fused-ring (bicyclic) bond motifs is 2. The predicted molar refractivity (Wildman–Crippen MR) is 186 cm³/mol. The monoisotopic (exact) mass is 737 g/mol. The number of aryl methyl sites for hydroxylation is 1. The maximum Gasteiger partial charge on any atom is 0.270 e. The molecule has 1 N–H and O–H groups in total. The molecule has 1 saturated heterocycles. The van der Waals surface area contributed by atoms with Crippen molar-refractivity contribution >= 4 is 68.6 Å². The molecular weight excluding hydrogens is 709 g/mol. The number of nitrogens with one attached hydrogen (secondary N) is 1. The molecule has 4 heterocycles. The fraction of sp³-hybridized carbons (Fsp3) is 0.206. The van der Waals surface area contributed by atoms with Crippen LogP contribution >= 0.6 is 40.2 Å². The molecule has 0 saturated carbocycles. The van der Waals surface area contributed by atoms with Crippen LogP contribution in [-0.4, -0.2) is 64.1 Å². The van der Waals surface area contributed by atoms with Crippen molar-refractivity contribution in [2.75, 3.05) is 38.3 Å². The molecule has 0 unspecified atom stereocenters. The standard InChI is InChI=1S/C34H29Cl2N5O5.BrH/c1-39-28-7-5-25(46-32-9-4-24(18-37-32)38-33(42)22-3-6-26(35)27(36)16-22)15-23(28)17-29(39)34(43)41-12-10-40(11-13-41)19-21-2-8-30-31(14-21)45-20-44-30;/h2-9,14-18H,10-13,19-20H2,1H3,(H,38,42);1H. The quantitative estimate of drug-likeness (QED) is 0.189. The lowest BCUT2D eigenvalue weighted by Gasteiger charge is -2.34. The smallest absolute Gasteiger partial charge is 0.270 e. The largest absolute Gasteiger partial charge is 0.454 e. The molecule has 0 radical (unpaired) electrons. The van der Waals surface area contributed by atoms with Gasteiger partial charge in [0.1, 0.15) is 11.4 Å². The maximum absolute atomic E-state index is 13.6. The summed E-state index contributed by atoms with van der Waals surface area (Å²) in [6, 6.07) is 21.6. The van der Waals surface area contributed by atoms with Crippen molar-refractivity contribution < 1.29 is 23.8 Å². The molecule has 10 nitrogen and oxygen atoms in total. The molecule has 0 atom stereocenters. The van der Waals surface area contributed by atoms with E-state index in [-0.39, 0.29) is 35.6 Å². The lowest BCUT2D eigenvalue weighted by atomic mass is 10.1. The van der Waals surface area contributed by atoms with Gasteiger partial charge in [-0.05, 0) is 66.2 Å². The third-order valence-corrected chi connectivity index (χ3v) is 8.87. The molecule has 2 amide bonds. The number of pyridine rings is 1. The van der Waals surface area contributed by atoms with E-state index in [0.717, 1.165) is 47.6 Å². The molecule has 3 aromatic carbocycles. The van der Waals surface area contributed by atoms with E-state index < -0.39 is 0 Å². The zero-order chi connectivity index (χ0) is 31.8. The Labute approximate surface area is 291 Å². The summed E-state index contributed by atoms with van der Waals surface area (Å²) < 4.78 is 18.8. The minimum atomic E-state index is -0.336. The molecule has 0 spiro atoms. The van der Waals surface area contributed by atoms with Gasteiger partial charge in [-0.3, -0.25) is 14.5 Å². The number of anilines is 1. The zero-order valence-corrected chi connectivity index (χ0v) is 28.5. The molecule has 7 rings (SSSR count). The Morgan fingerprint density at radius 1 is 0.894 bits per heavy atom. The first-order valence-corrected chi connectivity index (χ1v) is 15.5. The second-order valence-electron chi connectivity index (χ2n) is 11.1. The molecule has 2 aliphatic heterocycles. The minimum absolute atomic E-state index is 0. The second kappa shape index (κ2) is 13.8. The van der Waals surface area contributed by atoms with Gasteiger partial charge in [0.25, 0.3) is 11.8 Å². The number of carbonyl (C=O) groups is 2. The normalized spacial score (nSPS) is 14.1. The van der Waals surface area contributed by atoms with Gasteiger partial charge in [-0.2, -0.15) is 0 Å². The van der Waals surface area contributed by atoms with Gasteiger partial charge in [0.2, 0.25) is 12.7 Å². The molecular formula is C34H30BrCl2N5O5. The van der Waals surface area contributed by atoms with Crippen molar-refractivity contribution in [3.8, 4) is 23.1 Å². The average molecular weight is 739 g/mol. The molecule has 5 aromatic rings. The number of amides is 2. The van der Waals surface area contributed by atoms with Gasteiger partial charge in [-0.25, -0.2) is 4.98 Å². The van der Waals surface area contributed by atoms with Crippen molar-refractivity contribution in [1.82, 2.24) is 19.4 Å². The Balaban J connectivity index is 0.00000386. The van der Waals surface area contributed by atoms with Crippen LogP contribution in [0.3, 0.4) is 0 Å². The SMILES string of the molecule is Br.Cn1c(C(=O)N2CCN(Cc3ccc4c(c3)OCO4)CC2)cc2cc(Oc3ccc(NC(=O)c4ccc(Cl)c(Cl)c4)cn3)ccc21. The van der Waals surface area contributed by atoms with E-state index >= 15 is 0 Å². The number of benzene rings is 3. The van der Waals surface area contributed by atoms with Crippen LogP contribution in [0.4, 0.5) is 5.69 Å². The summed E-state index contributed by atoms with van der Waals surface area (Å²) in [6.45, 7) is 3.92. The second-order valence-corrected chi connectivity index (χ2v) is 11.9. The topological polar surface area (TPSA) is 98.2 Å². The fourth-order valence-corrected chi connectivity index (χ4v) is 5.94. The van der Waals surface area contributed by atoms with E-state index in [9.17, 15) is 9.59 Å². The average Bonchev–Trinajstić information content (AvgIpc) is 3.67. The number of nitrogens with zero attached hydrogens (tertiary/aromatic N) is 4. The first-order chi connectivity index (χ1) is 22.3. The van der Waals surface area contributed by atoms with Crippen molar-refractivity contribution in [2.24, 2.45) is 7.05 Å². The van der Waals surface area contributed by atoms with Crippen molar-refractivity contribution in [3.05, 3.63) is 106 Å². The molecule has 1 fully saturated rings. The molecule has 47 heavy (non-hydrogen) atoms. The molecule has 242 valence electrons. The highest BCUT2D eigenvalue weighted by atomic mass is 79.9. The Morgan fingerprint density at radius 2 is 1.70 bits per heavy atom. The van der Waals surface area contributed by atoms with Crippen LogP contribution in [-0.2, 0) is 13.6 Å². The van der Waals surface area contributed by atoms with Gasteiger partial charge in [0.15, 0.2) is 11.5 Å². The van der Waals surface area contributed by atoms with Crippen molar-refractivity contribution in [3.63, 3.8) is 0 Å². The van der Waals surface area contributed by atoms with Gasteiger partial charge >= 0.3 is 0 Å². The lowest BCUT2D eigenvalue weighted by Crippen LogP contribution is -2.48. The predicted octanol–water partition coefficient (Wildman–Crippen LogP) is 7.19. The number of hydrogen-bond acceptors (Lipinski definition) is 7. The summed E-state index contributed by atoms with van der Waals surface area (Å²) in [5.74, 6) is 2.17. The van der Waals surface area contributed by atoms with E-state index in [2.05, 4.69) is 21.3 Å². The van der Waals surface area contributed by atoms with Gasteiger partial charge in [-0.1, -0.05) is 29.3 Å². The van der Waals surface area contributed by atoms with E-state index in [1.165, 1.54) is 12.3 Å². The molecule has 0 bridgehead atoms. The lowest BCUT2D eigenvalue weighted by molar-refractivity contribution is 0.0619. The van der Waals surface area contributed by atoms with Crippen LogP contribution in [0, 0.1) is 0 Å². The highest BCUT2D eigenvalue weighted by molar-refractivity contribution is 8.93. The molecule has 2 aromatic heterocycles. The van der Waals surface area contributed by atoms with E-state index in [0.29, 0.717) is 51.7 Å². The number of halogens is 3. The van der Waals surface area contributed by atoms with Gasteiger partial charge < -0.3 is 29.0 Å². The minimum Gasteiger partial charge on any atom is -0.454 e. The zero-order valence-electron chi connectivity index (χ0n) is 25.2. The summed E-state index contributed by atoms with van der Waals surface area (Å²) in [5.41, 5.74) is 3.58.